The number of urea groups is 1. The summed E-state index contributed by atoms with van der Waals surface area (Å²) >= 11 is 0. The van der Waals surface area contributed by atoms with E-state index in [-0.39, 0.29) is 17.9 Å². The molecule has 3 amide bonds. The lowest BCUT2D eigenvalue weighted by molar-refractivity contribution is -0.119. The third-order valence-corrected chi connectivity index (χ3v) is 5.43. The minimum atomic E-state index is -0.182. The third kappa shape index (κ3) is 4.91. The van der Waals surface area contributed by atoms with Crippen molar-refractivity contribution in [2.75, 3.05) is 24.2 Å². The fourth-order valence-electron chi connectivity index (χ4n) is 3.65. The van der Waals surface area contributed by atoms with Crippen LogP contribution in [0.25, 0.3) is 0 Å². The minimum Gasteiger partial charge on any atom is -0.327 e. The van der Waals surface area contributed by atoms with E-state index < -0.39 is 0 Å². The molecule has 0 atom stereocenters. The van der Waals surface area contributed by atoms with E-state index in [1.165, 1.54) is 0 Å². The van der Waals surface area contributed by atoms with Gasteiger partial charge in [-0.1, -0.05) is 18.9 Å². The number of amides is 3. The smallest absolute Gasteiger partial charge is 0.321 e. The number of carbonyl (C=O) groups is 2. The molecule has 1 aliphatic carbocycles. The van der Waals surface area contributed by atoms with Gasteiger partial charge < -0.3 is 15.5 Å². The quantitative estimate of drug-likeness (QED) is 0.707. The number of anilines is 2. The number of aromatic nitrogens is 2. The van der Waals surface area contributed by atoms with Crippen LogP contribution in [0.3, 0.4) is 0 Å². The average Bonchev–Trinajstić information content (AvgIpc) is 3.31. The summed E-state index contributed by atoms with van der Waals surface area (Å²) in [5.74, 6) is 0.183. The van der Waals surface area contributed by atoms with Crippen LogP contribution in [0, 0.1) is 19.8 Å². The highest BCUT2D eigenvalue weighted by Crippen LogP contribution is 2.26. The fraction of sp³-hybridized carbons (Fsp3) is 0.476. The van der Waals surface area contributed by atoms with Crippen molar-refractivity contribution >= 4 is 23.3 Å². The number of rotatable bonds is 6. The molecule has 1 aliphatic rings. The number of aromatic amines is 1. The number of aryl methyl sites for hydroxylation is 2. The van der Waals surface area contributed by atoms with Crippen molar-refractivity contribution in [2.45, 2.75) is 46.0 Å². The normalized spacial score (nSPS) is 14.1. The van der Waals surface area contributed by atoms with Gasteiger partial charge in [0.25, 0.3) is 0 Å². The van der Waals surface area contributed by atoms with E-state index in [4.69, 9.17) is 0 Å². The molecule has 28 heavy (non-hydrogen) atoms. The highest BCUT2D eigenvalue weighted by Gasteiger charge is 2.22. The first-order valence-corrected chi connectivity index (χ1v) is 9.87. The topological polar surface area (TPSA) is 90.1 Å². The largest absolute Gasteiger partial charge is 0.327 e. The highest BCUT2D eigenvalue weighted by molar-refractivity contribution is 5.94. The summed E-state index contributed by atoms with van der Waals surface area (Å²) in [5, 5.41) is 13.0. The molecule has 0 aliphatic heterocycles. The number of carbonyl (C=O) groups excluding carboxylic acids is 2. The summed E-state index contributed by atoms with van der Waals surface area (Å²) in [5.41, 5.74) is 4.53. The molecule has 3 N–H and O–H groups in total. The molecule has 7 nitrogen and oxygen atoms in total. The Morgan fingerprint density at radius 1 is 1.18 bits per heavy atom. The molecule has 1 heterocycles. The second-order valence-electron chi connectivity index (χ2n) is 7.57. The van der Waals surface area contributed by atoms with E-state index in [1.807, 2.05) is 32.0 Å². The Morgan fingerprint density at radius 3 is 2.50 bits per heavy atom. The first-order valence-electron chi connectivity index (χ1n) is 9.87. The zero-order chi connectivity index (χ0) is 20.1. The second kappa shape index (κ2) is 8.91. The molecule has 7 heteroatoms. The Hall–Kier alpha value is -2.83. The van der Waals surface area contributed by atoms with E-state index in [2.05, 4.69) is 20.8 Å². The molecule has 1 aromatic carbocycles. The lowest BCUT2D eigenvalue weighted by Crippen LogP contribution is -2.33. The fourth-order valence-corrected chi connectivity index (χ4v) is 3.65. The zero-order valence-electron chi connectivity index (χ0n) is 16.8. The van der Waals surface area contributed by atoms with Crippen LogP contribution in [0.5, 0.6) is 0 Å². The van der Waals surface area contributed by atoms with Gasteiger partial charge in [-0.2, -0.15) is 5.10 Å². The van der Waals surface area contributed by atoms with Crippen LogP contribution in [-0.2, 0) is 11.2 Å². The van der Waals surface area contributed by atoms with Gasteiger partial charge in [-0.15, -0.1) is 0 Å². The molecule has 0 radical (unpaired) electrons. The molecule has 0 bridgehead atoms. The van der Waals surface area contributed by atoms with Crippen LogP contribution in [0.1, 0.15) is 42.6 Å². The average molecular weight is 383 g/mol. The van der Waals surface area contributed by atoms with Gasteiger partial charge in [0.15, 0.2) is 0 Å². The summed E-state index contributed by atoms with van der Waals surface area (Å²) in [6.45, 7) is 4.54. The molecule has 0 saturated heterocycles. The minimum absolute atomic E-state index is 0.0731. The SMILES string of the molecule is Cc1n[nH]c(C)c1CCN(C)C(=O)Nc1cccc(NC(=O)C2CCCC2)c1. The second-order valence-corrected chi connectivity index (χ2v) is 7.57. The molecule has 1 aromatic heterocycles. The number of benzene rings is 1. The van der Waals surface area contributed by atoms with Gasteiger partial charge >= 0.3 is 6.03 Å². The Morgan fingerprint density at radius 2 is 1.86 bits per heavy atom. The van der Waals surface area contributed by atoms with Crippen molar-refractivity contribution < 1.29 is 9.59 Å². The maximum atomic E-state index is 12.5. The standard InChI is InChI=1S/C21H29N5O2/c1-14-19(15(2)25-24-14)11-12-26(3)21(28)23-18-10-6-9-17(13-18)22-20(27)16-7-4-5-8-16/h6,9-10,13,16H,4-5,7-8,11-12H2,1-3H3,(H,22,27)(H,23,28)(H,24,25). The van der Waals surface area contributed by atoms with Crippen LogP contribution in [0.4, 0.5) is 16.2 Å². The summed E-state index contributed by atoms with van der Waals surface area (Å²) in [6, 6.07) is 7.11. The molecule has 0 spiro atoms. The predicted molar refractivity (Wildman–Crippen MR) is 110 cm³/mol. The van der Waals surface area contributed by atoms with Crippen LogP contribution < -0.4 is 10.6 Å². The van der Waals surface area contributed by atoms with Crippen LogP contribution in [0.2, 0.25) is 0 Å². The first-order chi connectivity index (χ1) is 13.4. The van der Waals surface area contributed by atoms with Gasteiger partial charge in [0.1, 0.15) is 0 Å². The monoisotopic (exact) mass is 383 g/mol. The lowest BCUT2D eigenvalue weighted by Gasteiger charge is -2.18. The number of hydrogen-bond acceptors (Lipinski definition) is 3. The maximum absolute atomic E-state index is 12.5. The van der Waals surface area contributed by atoms with E-state index in [9.17, 15) is 9.59 Å². The molecule has 3 rings (SSSR count). The van der Waals surface area contributed by atoms with Crippen molar-refractivity contribution in [3.8, 4) is 0 Å². The summed E-state index contributed by atoms with van der Waals surface area (Å²) in [6.07, 6.45) is 4.91. The van der Waals surface area contributed by atoms with Gasteiger partial charge in [0.05, 0.1) is 5.69 Å². The summed E-state index contributed by atoms with van der Waals surface area (Å²) in [7, 11) is 1.77. The van der Waals surface area contributed by atoms with E-state index in [1.54, 1.807) is 18.0 Å². The number of likely N-dealkylation sites (N-methyl/N-ethyl adjacent to an activating group) is 1. The van der Waals surface area contributed by atoms with Gasteiger partial charge in [-0.25, -0.2) is 4.79 Å². The number of H-pyrrole nitrogens is 1. The molecule has 1 saturated carbocycles. The number of hydrogen-bond donors (Lipinski definition) is 3. The third-order valence-electron chi connectivity index (χ3n) is 5.43. The number of nitrogens with zero attached hydrogens (tertiary/aromatic N) is 2. The van der Waals surface area contributed by atoms with Crippen molar-refractivity contribution in [3.63, 3.8) is 0 Å². The van der Waals surface area contributed by atoms with Crippen molar-refractivity contribution in [2.24, 2.45) is 5.92 Å². The van der Waals surface area contributed by atoms with Gasteiger partial charge in [0, 0.05) is 36.6 Å². The molecular weight excluding hydrogens is 354 g/mol. The van der Waals surface area contributed by atoms with E-state index in [0.29, 0.717) is 17.9 Å². The van der Waals surface area contributed by atoms with E-state index >= 15 is 0 Å². The van der Waals surface area contributed by atoms with Crippen LogP contribution >= 0.6 is 0 Å². The number of nitrogens with one attached hydrogen (secondary N) is 3. The van der Waals surface area contributed by atoms with Crippen LogP contribution in [0.15, 0.2) is 24.3 Å². The molecular formula is C21H29N5O2. The molecule has 150 valence electrons. The van der Waals surface area contributed by atoms with Gasteiger partial charge in [0.2, 0.25) is 5.91 Å². The Balaban J connectivity index is 1.53. The maximum Gasteiger partial charge on any atom is 0.321 e. The Kier molecular flexibility index (Phi) is 6.34. The lowest BCUT2D eigenvalue weighted by atomic mass is 10.1. The van der Waals surface area contributed by atoms with Gasteiger partial charge in [-0.3, -0.25) is 9.89 Å². The molecule has 2 aromatic rings. The zero-order valence-corrected chi connectivity index (χ0v) is 16.8. The highest BCUT2D eigenvalue weighted by atomic mass is 16.2. The molecule has 0 unspecified atom stereocenters. The predicted octanol–water partition coefficient (Wildman–Crippen LogP) is 3.86. The summed E-state index contributed by atoms with van der Waals surface area (Å²) < 4.78 is 0. The first kappa shape index (κ1) is 19.9. The van der Waals surface area contributed by atoms with Crippen molar-refractivity contribution in [1.82, 2.24) is 15.1 Å². The van der Waals surface area contributed by atoms with Gasteiger partial charge in [-0.05, 0) is 56.9 Å². The van der Waals surface area contributed by atoms with Crippen molar-refractivity contribution in [1.29, 1.82) is 0 Å². The Labute approximate surface area is 165 Å². The van der Waals surface area contributed by atoms with Crippen LogP contribution in [-0.4, -0.2) is 40.6 Å². The Bertz CT molecular complexity index is 820. The van der Waals surface area contributed by atoms with Crippen molar-refractivity contribution in [3.05, 3.63) is 41.2 Å². The summed E-state index contributed by atoms with van der Waals surface area (Å²) in [4.78, 5) is 26.4. The molecule has 1 fully saturated rings. The van der Waals surface area contributed by atoms with E-state index in [0.717, 1.165) is 49.1 Å².